The normalized spacial score (nSPS) is 11.6. The van der Waals surface area contributed by atoms with Crippen LogP contribution in [0.5, 0.6) is 0 Å². The molecule has 0 saturated carbocycles. The molecule has 1 aromatic heterocycles. The SMILES string of the molecule is c1ccc(-c2cc3ccccc3cc2-c2ccc(C(c3ccccc3)(c3ccccc3)c3ccc(-c4cc5ccccc5n4-c4ccccc4)cc3)cc2)cc1. The molecule has 1 nitrogen and oxygen atoms in total. The summed E-state index contributed by atoms with van der Waals surface area (Å²) in [5.41, 5.74) is 13.9. The second kappa shape index (κ2) is 14.2. The summed E-state index contributed by atoms with van der Waals surface area (Å²) in [6.07, 6.45) is 0. The van der Waals surface area contributed by atoms with Crippen molar-refractivity contribution in [3.63, 3.8) is 0 Å². The Morgan fingerprint density at radius 1 is 0.286 bits per heavy atom. The first-order chi connectivity index (χ1) is 27.8. The lowest BCUT2D eigenvalue weighted by Gasteiger charge is -2.37. The molecule has 10 aromatic rings. The largest absolute Gasteiger partial charge is 0.309 e. The third kappa shape index (κ3) is 5.73. The van der Waals surface area contributed by atoms with Gasteiger partial charge in [-0.2, -0.15) is 0 Å². The molecule has 0 spiro atoms. The summed E-state index contributed by atoms with van der Waals surface area (Å²) in [7, 11) is 0. The first-order valence-electron chi connectivity index (χ1n) is 19.3. The van der Waals surface area contributed by atoms with Gasteiger partial charge in [-0.05, 0) is 97.2 Å². The lowest BCUT2D eigenvalue weighted by molar-refractivity contribution is 0.745. The highest BCUT2D eigenvalue weighted by Crippen LogP contribution is 2.47. The second-order valence-electron chi connectivity index (χ2n) is 14.5. The fourth-order valence-corrected chi connectivity index (χ4v) is 8.73. The molecule has 0 atom stereocenters. The Balaban J connectivity index is 1.15. The molecule has 0 aliphatic heterocycles. The van der Waals surface area contributed by atoms with Crippen molar-refractivity contribution in [3.05, 3.63) is 259 Å². The molecule has 0 unspecified atom stereocenters. The summed E-state index contributed by atoms with van der Waals surface area (Å²) in [6.45, 7) is 0. The Hall–Kier alpha value is -7.22. The monoisotopic (exact) mass is 713 g/mol. The van der Waals surface area contributed by atoms with Gasteiger partial charge < -0.3 is 4.57 Å². The molecule has 0 radical (unpaired) electrons. The van der Waals surface area contributed by atoms with Gasteiger partial charge in [0, 0.05) is 11.1 Å². The van der Waals surface area contributed by atoms with Gasteiger partial charge in [0.25, 0.3) is 0 Å². The first-order valence-corrected chi connectivity index (χ1v) is 19.3. The van der Waals surface area contributed by atoms with Gasteiger partial charge in [-0.3, -0.25) is 0 Å². The molecule has 56 heavy (non-hydrogen) atoms. The lowest BCUT2D eigenvalue weighted by Crippen LogP contribution is -2.31. The van der Waals surface area contributed by atoms with Crippen LogP contribution in [0, 0.1) is 0 Å². The van der Waals surface area contributed by atoms with E-state index in [4.69, 9.17) is 0 Å². The Kier molecular flexibility index (Phi) is 8.46. The number of nitrogens with zero attached hydrogens (tertiary/aromatic N) is 1. The van der Waals surface area contributed by atoms with E-state index >= 15 is 0 Å². The summed E-state index contributed by atoms with van der Waals surface area (Å²) in [6, 6.07) is 86.3. The molecular formula is C55H39N. The summed E-state index contributed by atoms with van der Waals surface area (Å²) >= 11 is 0. The zero-order chi connectivity index (χ0) is 37.3. The van der Waals surface area contributed by atoms with Crippen molar-refractivity contribution < 1.29 is 0 Å². The molecular weight excluding hydrogens is 675 g/mol. The minimum atomic E-state index is -0.572. The summed E-state index contributed by atoms with van der Waals surface area (Å²) in [4.78, 5) is 0. The van der Waals surface area contributed by atoms with E-state index < -0.39 is 5.41 Å². The van der Waals surface area contributed by atoms with Crippen LogP contribution in [-0.2, 0) is 5.41 Å². The maximum Gasteiger partial charge on any atom is 0.0701 e. The molecule has 0 amide bonds. The van der Waals surface area contributed by atoms with Gasteiger partial charge in [-0.1, -0.05) is 200 Å². The number of benzene rings is 9. The minimum absolute atomic E-state index is 0.572. The molecule has 9 aromatic carbocycles. The number of fused-ring (bicyclic) bond motifs is 2. The van der Waals surface area contributed by atoms with E-state index in [1.807, 2.05) is 0 Å². The van der Waals surface area contributed by atoms with Crippen LogP contribution in [-0.4, -0.2) is 4.57 Å². The molecule has 0 aliphatic carbocycles. The molecule has 1 heteroatoms. The zero-order valence-electron chi connectivity index (χ0n) is 31.0. The van der Waals surface area contributed by atoms with Crippen molar-refractivity contribution in [3.8, 4) is 39.2 Å². The molecule has 0 aliphatic rings. The third-order valence-corrected chi connectivity index (χ3v) is 11.4. The van der Waals surface area contributed by atoms with E-state index in [2.05, 4.69) is 241 Å². The maximum atomic E-state index is 2.38. The van der Waals surface area contributed by atoms with E-state index in [0.29, 0.717) is 0 Å². The van der Waals surface area contributed by atoms with Crippen molar-refractivity contribution in [2.75, 3.05) is 0 Å². The summed E-state index contributed by atoms with van der Waals surface area (Å²) in [5, 5.41) is 3.70. The van der Waals surface area contributed by atoms with Crippen LogP contribution in [0.3, 0.4) is 0 Å². The van der Waals surface area contributed by atoms with Crippen molar-refractivity contribution in [2.24, 2.45) is 0 Å². The zero-order valence-corrected chi connectivity index (χ0v) is 31.0. The average molecular weight is 714 g/mol. The highest BCUT2D eigenvalue weighted by Gasteiger charge is 2.38. The van der Waals surface area contributed by atoms with E-state index in [1.165, 1.54) is 77.4 Å². The molecule has 0 N–H and O–H groups in total. The summed E-state index contributed by atoms with van der Waals surface area (Å²) < 4.78 is 2.38. The van der Waals surface area contributed by atoms with Crippen LogP contribution < -0.4 is 0 Å². The van der Waals surface area contributed by atoms with Gasteiger partial charge in [0.15, 0.2) is 0 Å². The number of para-hydroxylation sites is 2. The van der Waals surface area contributed by atoms with Gasteiger partial charge in [0.1, 0.15) is 0 Å². The minimum Gasteiger partial charge on any atom is -0.309 e. The van der Waals surface area contributed by atoms with Crippen LogP contribution in [0.4, 0.5) is 0 Å². The molecule has 0 saturated heterocycles. The van der Waals surface area contributed by atoms with Crippen molar-refractivity contribution in [1.29, 1.82) is 0 Å². The fourth-order valence-electron chi connectivity index (χ4n) is 8.73. The quantitative estimate of drug-likeness (QED) is 0.138. The van der Waals surface area contributed by atoms with E-state index in [-0.39, 0.29) is 0 Å². The molecule has 1 heterocycles. The summed E-state index contributed by atoms with van der Waals surface area (Å²) in [5.74, 6) is 0. The predicted octanol–water partition coefficient (Wildman–Crippen LogP) is 14.2. The van der Waals surface area contributed by atoms with Gasteiger partial charge >= 0.3 is 0 Å². The Bertz CT molecular complexity index is 2870. The van der Waals surface area contributed by atoms with Crippen molar-refractivity contribution >= 4 is 21.7 Å². The van der Waals surface area contributed by atoms with Crippen molar-refractivity contribution in [2.45, 2.75) is 5.41 Å². The second-order valence-corrected chi connectivity index (χ2v) is 14.5. The average Bonchev–Trinajstić information content (AvgIpc) is 3.68. The number of rotatable bonds is 8. The topological polar surface area (TPSA) is 4.93 Å². The van der Waals surface area contributed by atoms with Gasteiger partial charge in [0.05, 0.1) is 16.6 Å². The van der Waals surface area contributed by atoms with Crippen LogP contribution in [0.25, 0.3) is 60.9 Å². The maximum absolute atomic E-state index is 2.38. The number of aromatic nitrogens is 1. The third-order valence-electron chi connectivity index (χ3n) is 11.4. The Morgan fingerprint density at radius 3 is 1.21 bits per heavy atom. The highest BCUT2D eigenvalue weighted by atomic mass is 15.0. The number of hydrogen-bond donors (Lipinski definition) is 0. The van der Waals surface area contributed by atoms with E-state index in [0.717, 1.165) is 5.69 Å². The van der Waals surface area contributed by atoms with Crippen LogP contribution >= 0.6 is 0 Å². The number of hydrogen-bond acceptors (Lipinski definition) is 0. The van der Waals surface area contributed by atoms with Gasteiger partial charge in [0.2, 0.25) is 0 Å². The predicted molar refractivity (Wildman–Crippen MR) is 235 cm³/mol. The van der Waals surface area contributed by atoms with Crippen LogP contribution in [0.1, 0.15) is 22.3 Å². The van der Waals surface area contributed by atoms with Crippen molar-refractivity contribution in [1.82, 2.24) is 4.57 Å². The Morgan fingerprint density at radius 2 is 0.679 bits per heavy atom. The first kappa shape index (κ1) is 33.4. The molecule has 10 rings (SSSR count). The molecule has 0 fully saturated rings. The van der Waals surface area contributed by atoms with E-state index in [9.17, 15) is 0 Å². The van der Waals surface area contributed by atoms with E-state index in [1.54, 1.807) is 0 Å². The van der Waals surface area contributed by atoms with Crippen LogP contribution in [0.2, 0.25) is 0 Å². The highest BCUT2D eigenvalue weighted by molar-refractivity contribution is 5.96. The molecule has 264 valence electrons. The lowest BCUT2D eigenvalue weighted by atomic mass is 9.65. The van der Waals surface area contributed by atoms with Crippen LogP contribution in [0.15, 0.2) is 237 Å². The fraction of sp³-hybridized carbons (Fsp3) is 0.0182. The standard InChI is InChI=1S/C55H39N/c1-5-17-40(18-6-1)51-37-43-19-13-14-20-44(43)38-52(51)41-29-33-48(34-30-41)55(46-22-7-2-8-23-46,47-24-9-3-10-25-47)49-35-31-42(32-36-49)54-39-45-21-15-16-28-53(45)56(54)50-26-11-4-12-27-50/h1-39H. The Labute approximate surface area is 328 Å². The smallest absolute Gasteiger partial charge is 0.0701 e. The van der Waals surface area contributed by atoms with Gasteiger partial charge in [-0.15, -0.1) is 0 Å². The molecule has 0 bridgehead atoms. The van der Waals surface area contributed by atoms with Gasteiger partial charge in [-0.25, -0.2) is 0 Å².